The average molecular weight is 277 g/mol. The van der Waals surface area contributed by atoms with Crippen LogP contribution in [-0.4, -0.2) is 19.7 Å². The minimum atomic E-state index is -1.66. The van der Waals surface area contributed by atoms with Gasteiger partial charge in [0.25, 0.3) is 0 Å². The highest BCUT2D eigenvalue weighted by atomic mass is 35.5. The standard InChI is InChI=1S/C13H25ClO2Si/c1-13(2,3)17(4,5)16-11-8-6-10(7-9-11)12(14)15/h10-11H,6-9H2,1-5H3/t10-,11-. The Morgan fingerprint density at radius 1 is 1.18 bits per heavy atom. The van der Waals surface area contributed by atoms with Crippen LogP contribution in [0.3, 0.4) is 0 Å². The lowest BCUT2D eigenvalue weighted by Crippen LogP contribution is -2.44. The molecular formula is C13H25ClO2Si. The second-order valence-electron chi connectivity index (χ2n) is 6.66. The summed E-state index contributed by atoms with van der Waals surface area (Å²) < 4.78 is 6.36. The molecule has 0 aromatic rings. The minimum Gasteiger partial charge on any atom is -0.414 e. The first-order valence-corrected chi connectivity index (χ1v) is 9.79. The Balaban J connectivity index is 2.48. The van der Waals surface area contributed by atoms with Crippen LogP contribution >= 0.6 is 11.6 Å². The van der Waals surface area contributed by atoms with Crippen LogP contribution in [0.4, 0.5) is 0 Å². The molecule has 0 aromatic carbocycles. The predicted molar refractivity (Wildman–Crippen MR) is 74.9 cm³/mol. The van der Waals surface area contributed by atoms with Gasteiger partial charge in [0.2, 0.25) is 5.24 Å². The van der Waals surface area contributed by atoms with E-state index in [4.69, 9.17) is 16.0 Å². The van der Waals surface area contributed by atoms with Crippen LogP contribution in [0, 0.1) is 5.92 Å². The molecule has 17 heavy (non-hydrogen) atoms. The Kier molecular flexibility index (Phi) is 4.84. The van der Waals surface area contributed by atoms with Gasteiger partial charge in [-0.05, 0) is 55.4 Å². The SMILES string of the molecule is CC(C)(C)[Si](C)(C)O[C@H]1CC[C@H](C(=O)Cl)CC1. The van der Waals surface area contributed by atoms with Crippen molar-refractivity contribution in [3.05, 3.63) is 0 Å². The van der Waals surface area contributed by atoms with Gasteiger partial charge in [-0.25, -0.2) is 0 Å². The molecule has 0 aliphatic heterocycles. The van der Waals surface area contributed by atoms with Crippen molar-refractivity contribution in [2.45, 2.75) is 70.7 Å². The van der Waals surface area contributed by atoms with Crippen LogP contribution in [0.5, 0.6) is 0 Å². The highest BCUT2D eigenvalue weighted by Gasteiger charge is 2.40. The van der Waals surface area contributed by atoms with Gasteiger partial charge in [-0.15, -0.1) is 0 Å². The van der Waals surface area contributed by atoms with Gasteiger partial charge in [-0.2, -0.15) is 0 Å². The molecular weight excluding hydrogens is 252 g/mol. The van der Waals surface area contributed by atoms with Crippen LogP contribution in [0.15, 0.2) is 0 Å². The van der Waals surface area contributed by atoms with Gasteiger partial charge in [0, 0.05) is 12.0 Å². The van der Waals surface area contributed by atoms with Gasteiger partial charge in [-0.3, -0.25) is 4.79 Å². The number of carbonyl (C=O) groups excluding carboxylic acids is 1. The zero-order valence-electron chi connectivity index (χ0n) is 11.7. The molecule has 1 rings (SSSR count). The van der Waals surface area contributed by atoms with Gasteiger partial charge in [-0.1, -0.05) is 20.8 Å². The van der Waals surface area contributed by atoms with E-state index in [9.17, 15) is 4.79 Å². The van der Waals surface area contributed by atoms with Crippen molar-refractivity contribution in [3.8, 4) is 0 Å². The number of hydrogen-bond acceptors (Lipinski definition) is 2. The highest BCUT2D eigenvalue weighted by Crippen LogP contribution is 2.39. The Morgan fingerprint density at radius 2 is 1.65 bits per heavy atom. The van der Waals surface area contributed by atoms with Gasteiger partial charge >= 0.3 is 0 Å². The van der Waals surface area contributed by atoms with Crippen molar-refractivity contribution in [2.75, 3.05) is 0 Å². The summed E-state index contributed by atoms with van der Waals surface area (Å²) in [5, 5.41) is 0.0855. The molecule has 0 radical (unpaired) electrons. The number of hydrogen-bond donors (Lipinski definition) is 0. The van der Waals surface area contributed by atoms with Crippen LogP contribution in [0.25, 0.3) is 0 Å². The van der Waals surface area contributed by atoms with E-state index in [0.717, 1.165) is 25.7 Å². The fourth-order valence-electron chi connectivity index (χ4n) is 2.00. The number of rotatable bonds is 3. The van der Waals surface area contributed by atoms with Crippen LogP contribution in [-0.2, 0) is 9.22 Å². The smallest absolute Gasteiger partial charge is 0.224 e. The van der Waals surface area contributed by atoms with Gasteiger partial charge in [0.05, 0.1) is 0 Å². The minimum absolute atomic E-state index is 0.0657. The van der Waals surface area contributed by atoms with Crippen LogP contribution in [0.2, 0.25) is 18.1 Å². The third-order valence-electron chi connectivity index (χ3n) is 4.26. The molecule has 0 bridgehead atoms. The first-order valence-electron chi connectivity index (χ1n) is 6.50. The van der Waals surface area contributed by atoms with Crippen molar-refractivity contribution < 1.29 is 9.22 Å². The second kappa shape index (κ2) is 5.41. The van der Waals surface area contributed by atoms with E-state index >= 15 is 0 Å². The third-order valence-corrected chi connectivity index (χ3v) is 9.11. The molecule has 0 unspecified atom stereocenters. The second-order valence-corrected chi connectivity index (χ2v) is 11.8. The third kappa shape index (κ3) is 4.07. The maximum absolute atomic E-state index is 11.1. The lowest BCUT2D eigenvalue weighted by atomic mass is 9.88. The normalized spacial score (nSPS) is 26.9. The van der Waals surface area contributed by atoms with Gasteiger partial charge < -0.3 is 4.43 Å². The van der Waals surface area contributed by atoms with E-state index in [0.29, 0.717) is 6.10 Å². The van der Waals surface area contributed by atoms with Crippen LogP contribution < -0.4 is 0 Å². The van der Waals surface area contributed by atoms with E-state index in [-0.39, 0.29) is 16.2 Å². The quantitative estimate of drug-likeness (QED) is 0.566. The van der Waals surface area contributed by atoms with E-state index in [2.05, 4.69) is 33.9 Å². The molecule has 1 aliphatic rings. The molecule has 1 fully saturated rings. The lowest BCUT2D eigenvalue weighted by molar-refractivity contribution is -0.116. The molecule has 4 heteroatoms. The van der Waals surface area contributed by atoms with Gasteiger partial charge in [0.1, 0.15) is 0 Å². The van der Waals surface area contributed by atoms with E-state index in [1.165, 1.54) is 0 Å². The molecule has 0 spiro atoms. The van der Waals surface area contributed by atoms with Crippen molar-refractivity contribution in [1.29, 1.82) is 0 Å². The molecule has 0 atom stereocenters. The van der Waals surface area contributed by atoms with Crippen molar-refractivity contribution in [2.24, 2.45) is 5.92 Å². The fraction of sp³-hybridized carbons (Fsp3) is 0.923. The summed E-state index contributed by atoms with van der Waals surface area (Å²) in [6, 6.07) is 0. The molecule has 100 valence electrons. The number of carbonyl (C=O) groups is 1. The Hall–Kier alpha value is 0.137. The van der Waals surface area contributed by atoms with E-state index < -0.39 is 8.32 Å². The summed E-state index contributed by atoms with van der Waals surface area (Å²) in [5.41, 5.74) is 0. The average Bonchev–Trinajstić information content (AvgIpc) is 2.16. The van der Waals surface area contributed by atoms with E-state index in [1.807, 2.05) is 0 Å². The molecule has 1 aliphatic carbocycles. The highest BCUT2D eigenvalue weighted by molar-refractivity contribution is 6.74. The van der Waals surface area contributed by atoms with E-state index in [1.54, 1.807) is 0 Å². The van der Waals surface area contributed by atoms with Crippen LogP contribution in [0.1, 0.15) is 46.5 Å². The molecule has 1 saturated carbocycles. The zero-order chi connectivity index (χ0) is 13.3. The summed E-state index contributed by atoms with van der Waals surface area (Å²) in [6.45, 7) is 11.3. The lowest BCUT2D eigenvalue weighted by Gasteiger charge is -2.41. The molecule has 0 aromatic heterocycles. The largest absolute Gasteiger partial charge is 0.414 e. The van der Waals surface area contributed by atoms with Crippen molar-refractivity contribution in [3.63, 3.8) is 0 Å². The fourth-order valence-corrected chi connectivity index (χ4v) is 3.64. The van der Waals surface area contributed by atoms with Crippen molar-refractivity contribution in [1.82, 2.24) is 0 Å². The summed E-state index contributed by atoms with van der Waals surface area (Å²) in [7, 11) is -1.66. The van der Waals surface area contributed by atoms with Gasteiger partial charge in [0.15, 0.2) is 8.32 Å². The molecule has 2 nitrogen and oxygen atoms in total. The Morgan fingerprint density at radius 3 is 2.00 bits per heavy atom. The summed E-state index contributed by atoms with van der Waals surface area (Å²) in [6.07, 6.45) is 4.08. The first kappa shape index (κ1) is 15.2. The molecule has 0 amide bonds. The first-order chi connectivity index (χ1) is 7.63. The topological polar surface area (TPSA) is 26.3 Å². The van der Waals surface area contributed by atoms with Crippen molar-refractivity contribution >= 4 is 25.2 Å². The number of halogens is 1. The summed E-state index contributed by atoms with van der Waals surface area (Å²) >= 11 is 5.54. The molecule has 0 N–H and O–H groups in total. The maximum Gasteiger partial charge on any atom is 0.224 e. The Labute approximate surface area is 111 Å². The molecule has 0 saturated heterocycles. The zero-order valence-corrected chi connectivity index (χ0v) is 13.4. The summed E-state index contributed by atoms with van der Waals surface area (Å²) in [5.74, 6) is 0.0657. The molecule has 0 heterocycles. The maximum atomic E-state index is 11.1. The Bertz CT molecular complexity index is 276. The summed E-state index contributed by atoms with van der Waals surface area (Å²) in [4.78, 5) is 11.1. The monoisotopic (exact) mass is 276 g/mol. The predicted octanol–water partition coefficient (Wildman–Crippen LogP) is 4.33.